The van der Waals surface area contributed by atoms with Crippen molar-refractivity contribution in [1.82, 2.24) is 10.2 Å². The van der Waals surface area contributed by atoms with E-state index in [-0.39, 0.29) is 33.6 Å². The molecule has 12 heteroatoms. The van der Waals surface area contributed by atoms with Gasteiger partial charge in [-0.25, -0.2) is 8.42 Å². The fourth-order valence-corrected chi connectivity index (χ4v) is 7.03. The van der Waals surface area contributed by atoms with Crippen LogP contribution >= 0.6 is 46.4 Å². The molecule has 0 bridgehead atoms. The molecule has 0 aliphatic heterocycles. The maximum absolute atomic E-state index is 14.5. The second-order valence-electron chi connectivity index (χ2n) is 10.2. The van der Waals surface area contributed by atoms with Gasteiger partial charge in [0.2, 0.25) is 11.8 Å². The Morgan fingerprint density at radius 2 is 1.49 bits per heavy atom. The summed E-state index contributed by atoms with van der Waals surface area (Å²) in [6.07, 6.45) is 0.841. The molecule has 236 valence electrons. The molecular weight excluding hydrogens is 676 g/mol. The minimum atomic E-state index is -4.33. The summed E-state index contributed by atoms with van der Waals surface area (Å²) < 4.78 is 29.1. The number of nitrogens with zero attached hydrogens (tertiary/aromatic N) is 2. The Balaban J connectivity index is 1.84. The molecule has 1 N–H and O–H groups in total. The van der Waals surface area contributed by atoms with Crippen molar-refractivity contribution in [3.8, 4) is 0 Å². The van der Waals surface area contributed by atoms with Gasteiger partial charge in [0.15, 0.2) is 0 Å². The molecule has 0 radical (unpaired) electrons. The number of nitrogens with one attached hydrogen (secondary N) is 1. The molecule has 45 heavy (non-hydrogen) atoms. The van der Waals surface area contributed by atoms with Gasteiger partial charge in [-0.3, -0.25) is 13.9 Å². The molecular formula is C33H31Cl4N3O4S. The molecule has 1 atom stereocenters. The highest BCUT2D eigenvalue weighted by Crippen LogP contribution is 2.36. The van der Waals surface area contributed by atoms with Crippen LogP contribution in [-0.4, -0.2) is 44.3 Å². The Kier molecular flexibility index (Phi) is 12.2. The summed E-state index contributed by atoms with van der Waals surface area (Å²) in [6.45, 7) is 1.52. The van der Waals surface area contributed by atoms with E-state index in [4.69, 9.17) is 46.4 Å². The highest BCUT2D eigenvalue weighted by molar-refractivity contribution is 7.92. The summed E-state index contributed by atoms with van der Waals surface area (Å²) in [6, 6.07) is 25.3. The zero-order chi connectivity index (χ0) is 32.6. The third kappa shape index (κ3) is 8.71. The number of hydrogen-bond donors (Lipinski definition) is 1. The summed E-state index contributed by atoms with van der Waals surface area (Å²) in [5.41, 5.74) is 1.34. The summed E-state index contributed by atoms with van der Waals surface area (Å²) in [5, 5.41) is 3.66. The lowest BCUT2D eigenvalue weighted by atomic mass is 10.0. The Morgan fingerprint density at radius 3 is 2.13 bits per heavy atom. The number of carbonyl (C=O) groups is 2. The SMILES string of the molecule is CCCNC(=O)[C@@H](Cc1ccccc1)N(Cc1ccc(Cl)cc1Cl)C(=O)CN(c1cccc(Cl)c1Cl)S(=O)(=O)c1ccccc1. The molecule has 0 aromatic heterocycles. The molecule has 7 nitrogen and oxygen atoms in total. The first-order valence-electron chi connectivity index (χ1n) is 14.1. The van der Waals surface area contributed by atoms with Gasteiger partial charge in [-0.15, -0.1) is 0 Å². The minimum Gasteiger partial charge on any atom is -0.354 e. The molecule has 2 amide bonds. The van der Waals surface area contributed by atoms with Crippen LogP contribution in [0.4, 0.5) is 5.69 Å². The topological polar surface area (TPSA) is 86.8 Å². The first kappa shape index (κ1) is 34.6. The van der Waals surface area contributed by atoms with E-state index in [9.17, 15) is 18.0 Å². The van der Waals surface area contributed by atoms with Crippen LogP contribution in [0.1, 0.15) is 24.5 Å². The van der Waals surface area contributed by atoms with Crippen LogP contribution in [0.2, 0.25) is 20.1 Å². The number of carbonyl (C=O) groups excluding carboxylic acids is 2. The summed E-state index contributed by atoms with van der Waals surface area (Å²) in [4.78, 5) is 29.5. The lowest BCUT2D eigenvalue weighted by Crippen LogP contribution is -2.53. The Morgan fingerprint density at radius 1 is 0.822 bits per heavy atom. The van der Waals surface area contributed by atoms with Gasteiger partial charge in [-0.1, -0.05) is 114 Å². The van der Waals surface area contributed by atoms with Crippen molar-refractivity contribution >= 4 is 73.9 Å². The lowest BCUT2D eigenvalue weighted by molar-refractivity contribution is -0.140. The van der Waals surface area contributed by atoms with Crippen LogP contribution < -0.4 is 9.62 Å². The molecule has 0 saturated carbocycles. The van der Waals surface area contributed by atoms with Crippen LogP contribution in [-0.2, 0) is 32.6 Å². The van der Waals surface area contributed by atoms with Crippen molar-refractivity contribution in [2.45, 2.75) is 37.2 Å². The quantitative estimate of drug-likeness (QED) is 0.155. The molecule has 0 saturated heterocycles. The molecule has 4 aromatic rings. The van der Waals surface area contributed by atoms with E-state index in [0.717, 1.165) is 9.87 Å². The van der Waals surface area contributed by atoms with E-state index in [1.165, 1.54) is 29.2 Å². The molecule has 0 aliphatic rings. The van der Waals surface area contributed by atoms with Crippen LogP contribution in [0.25, 0.3) is 0 Å². The average molecular weight is 708 g/mol. The Labute approximate surface area is 283 Å². The average Bonchev–Trinajstić information content (AvgIpc) is 3.03. The highest BCUT2D eigenvalue weighted by atomic mass is 35.5. The maximum atomic E-state index is 14.5. The van der Waals surface area contributed by atoms with E-state index in [1.54, 1.807) is 42.5 Å². The fourth-order valence-electron chi connectivity index (χ4n) is 4.67. The molecule has 0 spiro atoms. The molecule has 0 heterocycles. The zero-order valence-electron chi connectivity index (χ0n) is 24.3. The van der Waals surface area contributed by atoms with Crippen molar-refractivity contribution in [3.05, 3.63) is 128 Å². The van der Waals surface area contributed by atoms with E-state index in [1.807, 2.05) is 37.3 Å². The van der Waals surface area contributed by atoms with Gasteiger partial charge in [-0.2, -0.15) is 0 Å². The third-order valence-corrected chi connectivity index (χ3v) is 10.2. The number of hydrogen-bond acceptors (Lipinski definition) is 4. The van der Waals surface area contributed by atoms with Crippen LogP contribution in [0, 0.1) is 0 Å². The van der Waals surface area contributed by atoms with E-state index < -0.39 is 34.4 Å². The molecule has 4 rings (SSSR count). The van der Waals surface area contributed by atoms with Gasteiger partial charge in [0.1, 0.15) is 12.6 Å². The van der Waals surface area contributed by atoms with Crippen LogP contribution in [0.3, 0.4) is 0 Å². The van der Waals surface area contributed by atoms with E-state index >= 15 is 0 Å². The van der Waals surface area contributed by atoms with Crippen molar-refractivity contribution in [1.29, 1.82) is 0 Å². The number of anilines is 1. The summed E-state index contributed by atoms with van der Waals surface area (Å²) in [7, 11) is -4.33. The second-order valence-corrected chi connectivity index (χ2v) is 13.6. The predicted molar refractivity (Wildman–Crippen MR) is 182 cm³/mol. The largest absolute Gasteiger partial charge is 0.354 e. The van der Waals surface area contributed by atoms with Crippen molar-refractivity contribution < 1.29 is 18.0 Å². The Hall–Kier alpha value is -3.27. The standard InChI is InChI=1S/C33H31Cl4N3O4S/c1-2-18-38-33(42)30(19-23-10-5-3-6-11-23)39(21-24-16-17-25(34)20-28(24)36)31(41)22-40(29-15-9-14-27(35)32(29)37)45(43,44)26-12-7-4-8-13-26/h3-17,20,30H,2,18-19,21-22H2,1H3,(H,38,42)/t30-/m1/s1. The number of sulfonamides is 1. The van der Waals surface area contributed by atoms with E-state index in [2.05, 4.69) is 5.32 Å². The number of benzene rings is 4. The van der Waals surface area contributed by atoms with Gasteiger partial charge in [0.25, 0.3) is 10.0 Å². The van der Waals surface area contributed by atoms with E-state index in [0.29, 0.717) is 28.6 Å². The first-order valence-corrected chi connectivity index (χ1v) is 17.0. The highest BCUT2D eigenvalue weighted by Gasteiger charge is 2.35. The number of halogens is 4. The lowest BCUT2D eigenvalue weighted by Gasteiger charge is -2.34. The maximum Gasteiger partial charge on any atom is 0.264 e. The van der Waals surface area contributed by atoms with Gasteiger partial charge < -0.3 is 10.2 Å². The van der Waals surface area contributed by atoms with Crippen LogP contribution in [0.5, 0.6) is 0 Å². The zero-order valence-corrected chi connectivity index (χ0v) is 28.1. The fraction of sp³-hybridized carbons (Fsp3) is 0.212. The molecule has 4 aromatic carbocycles. The third-order valence-electron chi connectivity index (χ3n) is 6.99. The Bertz CT molecular complexity index is 1740. The van der Waals surface area contributed by atoms with Gasteiger partial charge in [-0.05, 0) is 53.9 Å². The summed E-state index contributed by atoms with van der Waals surface area (Å²) >= 11 is 25.5. The van der Waals surface area contributed by atoms with Gasteiger partial charge >= 0.3 is 0 Å². The van der Waals surface area contributed by atoms with Crippen LogP contribution in [0.15, 0.2) is 102 Å². The van der Waals surface area contributed by atoms with Crippen molar-refractivity contribution in [2.24, 2.45) is 0 Å². The molecule has 0 aliphatic carbocycles. The van der Waals surface area contributed by atoms with Gasteiger partial charge in [0, 0.05) is 29.6 Å². The number of amides is 2. The number of rotatable bonds is 13. The molecule has 0 unspecified atom stereocenters. The monoisotopic (exact) mass is 705 g/mol. The summed E-state index contributed by atoms with van der Waals surface area (Å²) in [5.74, 6) is -1.05. The van der Waals surface area contributed by atoms with Gasteiger partial charge in [0.05, 0.1) is 20.6 Å². The normalized spacial score (nSPS) is 11.9. The van der Waals surface area contributed by atoms with Crippen molar-refractivity contribution in [3.63, 3.8) is 0 Å². The molecule has 0 fully saturated rings. The first-order chi connectivity index (χ1) is 21.5. The minimum absolute atomic E-state index is 0.0147. The van der Waals surface area contributed by atoms with Crippen molar-refractivity contribution in [2.75, 3.05) is 17.4 Å². The second kappa shape index (κ2) is 15.8. The predicted octanol–water partition coefficient (Wildman–Crippen LogP) is 7.66. The smallest absolute Gasteiger partial charge is 0.264 e.